The Balaban J connectivity index is 1.49. The molecule has 202 valence electrons. The van der Waals surface area contributed by atoms with Crippen molar-refractivity contribution >= 4 is 25.8 Å². The van der Waals surface area contributed by atoms with Gasteiger partial charge in [-0.15, -0.1) is 0 Å². The summed E-state index contributed by atoms with van der Waals surface area (Å²) in [6.45, 7) is 11.5. The van der Waals surface area contributed by atoms with Crippen LogP contribution in [0.5, 0.6) is 0 Å². The number of rotatable bonds is 8. The second kappa shape index (κ2) is 11.0. The third kappa shape index (κ3) is 6.36. The number of fused-ring (bicyclic) bond motifs is 1. The molecule has 2 aliphatic rings. The molecule has 0 bridgehead atoms. The van der Waals surface area contributed by atoms with Gasteiger partial charge in [0.05, 0.1) is 30.5 Å². The topological polar surface area (TPSA) is 82.4 Å². The Kier molecular flexibility index (Phi) is 8.15. The number of hydrogen-bond donors (Lipinski definition) is 1. The highest BCUT2D eigenvalue weighted by Crippen LogP contribution is 2.42. The van der Waals surface area contributed by atoms with Gasteiger partial charge in [0.25, 0.3) is 0 Å². The molecular weight excluding hydrogens is 490 g/mol. The standard InChI is InChI=1S/C31H41N3O3Si/c1-31(2,3)38(5,6)37-26-13-11-21(15-26)17-28(25-9-7-8-23(14-25)20-32)34(4)30(36)18-22-10-12-24-19-29(35)33-27(24)16-22/h7-10,12,14,16,21,26,28H,11,13,15,17-19H2,1-6H3,(H,33,35)/t21?,26-,28+/m0/s1. The lowest BCUT2D eigenvalue weighted by Gasteiger charge is -2.38. The zero-order valence-corrected chi connectivity index (χ0v) is 24.6. The molecule has 1 saturated carbocycles. The van der Waals surface area contributed by atoms with Crippen molar-refractivity contribution in [1.29, 1.82) is 5.26 Å². The monoisotopic (exact) mass is 531 g/mol. The fourth-order valence-corrected chi connectivity index (χ4v) is 6.84. The van der Waals surface area contributed by atoms with Gasteiger partial charge in [-0.2, -0.15) is 5.26 Å². The fraction of sp³-hybridized carbons (Fsp3) is 0.516. The van der Waals surface area contributed by atoms with E-state index in [0.717, 1.165) is 48.1 Å². The summed E-state index contributed by atoms with van der Waals surface area (Å²) in [6, 6.07) is 15.6. The average molecular weight is 532 g/mol. The molecule has 2 amide bonds. The van der Waals surface area contributed by atoms with E-state index in [0.29, 0.717) is 17.9 Å². The number of nitrogens with one attached hydrogen (secondary N) is 1. The molecule has 6 nitrogen and oxygen atoms in total. The van der Waals surface area contributed by atoms with Crippen molar-refractivity contribution in [3.8, 4) is 6.07 Å². The lowest BCUT2D eigenvalue weighted by molar-refractivity contribution is -0.131. The molecule has 1 unspecified atom stereocenters. The number of carbonyl (C=O) groups is 2. The maximum Gasteiger partial charge on any atom is 0.228 e. The van der Waals surface area contributed by atoms with Crippen molar-refractivity contribution in [2.45, 2.75) is 89.6 Å². The van der Waals surface area contributed by atoms with Crippen molar-refractivity contribution in [2.24, 2.45) is 5.92 Å². The predicted octanol–water partition coefficient (Wildman–Crippen LogP) is 6.38. The predicted molar refractivity (Wildman–Crippen MR) is 153 cm³/mol. The summed E-state index contributed by atoms with van der Waals surface area (Å²) < 4.78 is 6.73. The van der Waals surface area contributed by atoms with Gasteiger partial charge in [0.15, 0.2) is 8.32 Å². The first-order valence-corrected chi connectivity index (χ1v) is 16.6. The number of benzene rings is 2. The molecule has 1 heterocycles. The van der Waals surface area contributed by atoms with Gasteiger partial charge in [-0.3, -0.25) is 9.59 Å². The third-order valence-electron chi connectivity index (χ3n) is 8.73. The molecule has 1 aliphatic heterocycles. The van der Waals surface area contributed by atoms with Gasteiger partial charge in [-0.05, 0) is 84.6 Å². The number of hydrogen-bond acceptors (Lipinski definition) is 4. The lowest BCUT2D eigenvalue weighted by atomic mass is 9.91. The highest BCUT2D eigenvalue weighted by molar-refractivity contribution is 6.74. The van der Waals surface area contributed by atoms with Crippen LogP contribution in [0.4, 0.5) is 5.69 Å². The molecule has 0 radical (unpaired) electrons. The number of nitriles is 1. The van der Waals surface area contributed by atoms with E-state index in [1.165, 1.54) is 0 Å². The van der Waals surface area contributed by atoms with Crippen LogP contribution >= 0.6 is 0 Å². The molecule has 0 spiro atoms. The summed E-state index contributed by atoms with van der Waals surface area (Å²) in [5, 5.41) is 12.6. The van der Waals surface area contributed by atoms with Gasteiger partial charge in [-0.25, -0.2) is 0 Å². The van der Waals surface area contributed by atoms with E-state index in [9.17, 15) is 14.9 Å². The molecule has 1 fully saturated rings. The van der Waals surface area contributed by atoms with Gasteiger partial charge in [-0.1, -0.05) is 45.0 Å². The van der Waals surface area contributed by atoms with Gasteiger partial charge in [0.1, 0.15) is 0 Å². The number of likely N-dealkylation sites (N-methyl/N-ethyl adjacent to an activating group) is 1. The van der Waals surface area contributed by atoms with Crippen LogP contribution < -0.4 is 5.32 Å². The van der Waals surface area contributed by atoms with E-state index < -0.39 is 8.32 Å². The smallest absolute Gasteiger partial charge is 0.228 e. The maximum atomic E-state index is 13.5. The summed E-state index contributed by atoms with van der Waals surface area (Å²) in [5.74, 6) is 0.463. The molecule has 1 N–H and O–H groups in total. The minimum absolute atomic E-state index is 0.00886. The van der Waals surface area contributed by atoms with Crippen molar-refractivity contribution < 1.29 is 14.0 Å². The second-order valence-corrected chi connectivity index (χ2v) is 17.3. The van der Waals surface area contributed by atoms with Crippen LogP contribution in [0.3, 0.4) is 0 Å². The van der Waals surface area contributed by atoms with E-state index in [1.807, 2.05) is 48.3 Å². The van der Waals surface area contributed by atoms with Crippen LogP contribution in [0.2, 0.25) is 18.1 Å². The summed E-state index contributed by atoms with van der Waals surface area (Å²) in [6.07, 6.45) is 4.91. The SMILES string of the molecule is CN(C(=O)Cc1ccc2c(c1)NC(=O)C2)[C@H](CC1CC[C@H](O[Si](C)(C)C(C)(C)C)C1)c1cccc(C#N)c1. The van der Waals surface area contributed by atoms with E-state index in [2.05, 4.69) is 45.3 Å². The molecule has 2 aromatic rings. The molecule has 0 saturated heterocycles. The average Bonchev–Trinajstić information content (AvgIpc) is 3.45. The number of amides is 2. The van der Waals surface area contributed by atoms with Crippen molar-refractivity contribution in [2.75, 3.05) is 12.4 Å². The first-order chi connectivity index (χ1) is 17.9. The van der Waals surface area contributed by atoms with Crippen LogP contribution in [0, 0.1) is 17.2 Å². The molecule has 38 heavy (non-hydrogen) atoms. The molecule has 1 aliphatic carbocycles. The summed E-state index contributed by atoms with van der Waals surface area (Å²) in [7, 11) is 0.0373. The Hall–Kier alpha value is -2.95. The first-order valence-electron chi connectivity index (χ1n) is 13.7. The lowest BCUT2D eigenvalue weighted by Crippen LogP contribution is -2.43. The second-order valence-electron chi connectivity index (χ2n) is 12.6. The third-order valence-corrected chi connectivity index (χ3v) is 13.3. The molecule has 0 aromatic heterocycles. The Labute approximate surface area is 228 Å². The van der Waals surface area contributed by atoms with E-state index in [-0.39, 0.29) is 35.4 Å². The number of nitrogens with zero attached hydrogens (tertiary/aromatic N) is 2. The van der Waals surface area contributed by atoms with Crippen molar-refractivity contribution in [3.05, 3.63) is 64.7 Å². The van der Waals surface area contributed by atoms with Gasteiger partial charge in [0.2, 0.25) is 11.8 Å². The quantitative estimate of drug-likeness (QED) is 0.401. The zero-order chi connectivity index (χ0) is 27.7. The van der Waals surface area contributed by atoms with Gasteiger partial charge in [0, 0.05) is 18.8 Å². The molecule has 2 aromatic carbocycles. The van der Waals surface area contributed by atoms with Gasteiger partial charge >= 0.3 is 0 Å². The Bertz CT molecular complexity index is 1240. The van der Waals surface area contributed by atoms with Crippen LogP contribution in [0.15, 0.2) is 42.5 Å². The summed E-state index contributed by atoms with van der Waals surface area (Å²) >= 11 is 0. The zero-order valence-electron chi connectivity index (χ0n) is 23.6. The Morgan fingerprint density at radius 1 is 1.21 bits per heavy atom. The highest BCUT2D eigenvalue weighted by atomic mass is 28.4. The van der Waals surface area contributed by atoms with Crippen molar-refractivity contribution in [1.82, 2.24) is 4.90 Å². The summed E-state index contributed by atoms with van der Waals surface area (Å²) in [4.78, 5) is 27.1. The minimum Gasteiger partial charge on any atom is -0.414 e. The van der Waals surface area contributed by atoms with E-state index >= 15 is 0 Å². The van der Waals surface area contributed by atoms with E-state index in [1.54, 1.807) is 6.07 Å². The molecular formula is C31H41N3O3Si. The van der Waals surface area contributed by atoms with Crippen LogP contribution in [-0.2, 0) is 26.9 Å². The van der Waals surface area contributed by atoms with Crippen LogP contribution in [0.25, 0.3) is 0 Å². The summed E-state index contributed by atoms with van der Waals surface area (Å²) in [5.41, 5.74) is 4.26. The molecule has 3 atom stereocenters. The largest absolute Gasteiger partial charge is 0.414 e. The number of carbonyl (C=O) groups excluding carboxylic acids is 2. The fourth-order valence-electron chi connectivity index (χ4n) is 5.44. The molecule has 7 heteroatoms. The number of anilines is 1. The maximum absolute atomic E-state index is 13.5. The highest BCUT2D eigenvalue weighted by Gasteiger charge is 2.41. The van der Waals surface area contributed by atoms with Crippen molar-refractivity contribution in [3.63, 3.8) is 0 Å². The minimum atomic E-state index is -1.84. The molecule has 4 rings (SSSR count). The van der Waals surface area contributed by atoms with E-state index in [4.69, 9.17) is 4.43 Å². The van der Waals surface area contributed by atoms with Crippen LogP contribution in [-0.4, -0.2) is 38.2 Å². The van der Waals surface area contributed by atoms with Gasteiger partial charge < -0.3 is 14.6 Å². The van der Waals surface area contributed by atoms with Crippen LogP contribution in [0.1, 0.15) is 74.8 Å². The normalized spacial score (nSPS) is 20.0. The first kappa shape index (κ1) is 28.1. The Morgan fingerprint density at radius 3 is 2.68 bits per heavy atom. The Morgan fingerprint density at radius 2 is 1.97 bits per heavy atom.